The van der Waals surface area contributed by atoms with Crippen LogP contribution in [0.5, 0.6) is 5.75 Å². The van der Waals surface area contributed by atoms with Gasteiger partial charge in [0, 0.05) is 18.2 Å². The fourth-order valence-electron chi connectivity index (χ4n) is 2.14. The minimum Gasteiger partial charge on any atom is -0.497 e. The molecule has 0 spiro atoms. The molecule has 3 heteroatoms. The van der Waals surface area contributed by atoms with E-state index in [4.69, 9.17) is 4.74 Å². The Bertz CT molecular complexity index is 421. The summed E-state index contributed by atoms with van der Waals surface area (Å²) in [6, 6.07) is 7.79. The summed E-state index contributed by atoms with van der Waals surface area (Å²) in [6.45, 7) is 5.88. The summed E-state index contributed by atoms with van der Waals surface area (Å²) in [5.74, 6) is 1.79. The second-order valence-electron chi connectivity index (χ2n) is 5.62. The maximum atomic E-state index is 12.3. The molecule has 1 saturated carbocycles. The van der Waals surface area contributed by atoms with E-state index in [2.05, 4.69) is 18.7 Å². The van der Waals surface area contributed by atoms with Crippen LogP contribution in [0.2, 0.25) is 0 Å². The molecule has 104 valence electrons. The molecule has 0 aliphatic heterocycles. The van der Waals surface area contributed by atoms with Crippen molar-refractivity contribution in [3.05, 3.63) is 29.8 Å². The zero-order chi connectivity index (χ0) is 13.8. The van der Waals surface area contributed by atoms with Crippen LogP contribution in [0.15, 0.2) is 24.3 Å². The van der Waals surface area contributed by atoms with Gasteiger partial charge in [-0.15, -0.1) is 0 Å². The molecule has 19 heavy (non-hydrogen) atoms. The maximum absolute atomic E-state index is 12.3. The first kappa shape index (κ1) is 14.1. The molecule has 0 bridgehead atoms. The van der Waals surface area contributed by atoms with Gasteiger partial charge in [0.25, 0.3) is 0 Å². The lowest BCUT2D eigenvalue weighted by Gasteiger charge is -2.25. The van der Waals surface area contributed by atoms with Gasteiger partial charge in [0.1, 0.15) is 5.75 Å². The molecule has 0 saturated heterocycles. The van der Waals surface area contributed by atoms with Crippen molar-refractivity contribution in [2.24, 2.45) is 5.92 Å². The SMILES string of the molecule is COc1ccc(C(=O)CN(CC2CC2)C(C)C)cc1. The number of methoxy groups -OCH3 is 1. The lowest BCUT2D eigenvalue weighted by Crippen LogP contribution is -2.37. The Labute approximate surface area is 115 Å². The van der Waals surface area contributed by atoms with Crippen LogP contribution in [0.3, 0.4) is 0 Å². The van der Waals surface area contributed by atoms with Crippen molar-refractivity contribution in [2.45, 2.75) is 32.7 Å². The highest BCUT2D eigenvalue weighted by Crippen LogP contribution is 2.30. The summed E-state index contributed by atoms with van der Waals surface area (Å²) >= 11 is 0. The van der Waals surface area contributed by atoms with E-state index in [1.165, 1.54) is 12.8 Å². The molecule has 0 heterocycles. The predicted octanol–water partition coefficient (Wildman–Crippen LogP) is 3.00. The Morgan fingerprint density at radius 2 is 1.95 bits per heavy atom. The first-order chi connectivity index (χ1) is 9.10. The van der Waals surface area contributed by atoms with Crippen molar-refractivity contribution in [3.63, 3.8) is 0 Å². The van der Waals surface area contributed by atoms with Crippen molar-refractivity contribution >= 4 is 5.78 Å². The van der Waals surface area contributed by atoms with Gasteiger partial charge in [-0.1, -0.05) is 0 Å². The Morgan fingerprint density at radius 1 is 1.32 bits per heavy atom. The summed E-state index contributed by atoms with van der Waals surface area (Å²) in [6.07, 6.45) is 2.64. The number of Topliss-reactive ketones (excluding diaryl/α,β-unsaturated/α-hetero) is 1. The molecule has 0 radical (unpaired) electrons. The molecule has 0 atom stereocenters. The van der Waals surface area contributed by atoms with Crippen LogP contribution in [0.4, 0.5) is 0 Å². The van der Waals surface area contributed by atoms with Crippen molar-refractivity contribution in [3.8, 4) is 5.75 Å². The fraction of sp³-hybridized carbons (Fsp3) is 0.562. The summed E-state index contributed by atoms with van der Waals surface area (Å²) < 4.78 is 5.11. The van der Waals surface area contributed by atoms with Gasteiger partial charge in [0.2, 0.25) is 0 Å². The summed E-state index contributed by atoms with van der Waals surface area (Å²) in [7, 11) is 1.63. The average Bonchev–Trinajstić information content (AvgIpc) is 3.22. The summed E-state index contributed by atoms with van der Waals surface area (Å²) in [4.78, 5) is 14.6. The normalized spacial score (nSPS) is 15.0. The largest absolute Gasteiger partial charge is 0.497 e. The van der Waals surface area contributed by atoms with Crippen LogP contribution >= 0.6 is 0 Å². The van der Waals surface area contributed by atoms with Crippen molar-refractivity contribution in [1.82, 2.24) is 4.90 Å². The third-order valence-corrected chi connectivity index (χ3v) is 3.68. The Hall–Kier alpha value is -1.35. The number of ketones is 1. The number of hydrogen-bond acceptors (Lipinski definition) is 3. The maximum Gasteiger partial charge on any atom is 0.176 e. The van der Waals surface area contributed by atoms with Crippen molar-refractivity contribution in [1.29, 1.82) is 0 Å². The molecular weight excluding hydrogens is 238 g/mol. The van der Waals surface area contributed by atoms with Crippen molar-refractivity contribution in [2.75, 3.05) is 20.2 Å². The minimum absolute atomic E-state index is 0.192. The molecule has 1 aliphatic carbocycles. The van der Waals surface area contributed by atoms with E-state index in [1.807, 2.05) is 24.3 Å². The van der Waals surface area contributed by atoms with Crippen LogP contribution in [0, 0.1) is 5.92 Å². The first-order valence-electron chi connectivity index (χ1n) is 7.01. The molecule has 0 N–H and O–H groups in total. The highest BCUT2D eigenvalue weighted by atomic mass is 16.5. The highest BCUT2D eigenvalue weighted by molar-refractivity contribution is 5.97. The van der Waals surface area contributed by atoms with Crippen molar-refractivity contribution < 1.29 is 9.53 Å². The number of benzene rings is 1. The second-order valence-corrected chi connectivity index (χ2v) is 5.62. The molecule has 0 unspecified atom stereocenters. The van der Waals surface area contributed by atoms with E-state index in [1.54, 1.807) is 7.11 Å². The topological polar surface area (TPSA) is 29.5 Å². The zero-order valence-electron chi connectivity index (χ0n) is 12.1. The predicted molar refractivity (Wildman–Crippen MR) is 76.8 cm³/mol. The van der Waals surface area contributed by atoms with Gasteiger partial charge < -0.3 is 4.74 Å². The number of rotatable bonds is 7. The third kappa shape index (κ3) is 4.06. The number of ether oxygens (including phenoxy) is 1. The Kier molecular flexibility index (Phi) is 4.59. The van der Waals surface area contributed by atoms with E-state index >= 15 is 0 Å². The number of carbonyl (C=O) groups is 1. The summed E-state index contributed by atoms with van der Waals surface area (Å²) in [5.41, 5.74) is 0.766. The van der Waals surface area contributed by atoms with Gasteiger partial charge >= 0.3 is 0 Å². The van der Waals surface area contributed by atoms with Gasteiger partial charge in [0.15, 0.2) is 5.78 Å². The van der Waals surface area contributed by atoms with Crippen LogP contribution in [-0.2, 0) is 0 Å². The van der Waals surface area contributed by atoms with Gasteiger partial charge in [-0.3, -0.25) is 9.69 Å². The standard InChI is InChI=1S/C16H23NO2/c1-12(2)17(10-13-4-5-13)11-16(18)14-6-8-15(19-3)9-7-14/h6-9,12-13H,4-5,10-11H2,1-3H3. The minimum atomic E-state index is 0.192. The fourth-order valence-corrected chi connectivity index (χ4v) is 2.14. The van der Waals surface area contributed by atoms with E-state index in [0.29, 0.717) is 12.6 Å². The van der Waals surface area contributed by atoms with Gasteiger partial charge in [-0.05, 0) is 56.9 Å². The molecule has 0 aromatic heterocycles. The molecule has 1 aliphatic rings. The Balaban J connectivity index is 1.96. The lowest BCUT2D eigenvalue weighted by molar-refractivity contribution is 0.0901. The zero-order valence-corrected chi connectivity index (χ0v) is 12.1. The average molecular weight is 261 g/mol. The molecule has 1 aromatic rings. The third-order valence-electron chi connectivity index (χ3n) is 3.68. The van der Waals surface area contributed by atoms with Crippen LogP contribution in [0.25, 0.3) is 0 Å². The van der Waals surface area contributed by atoms with Crippen LogP contribution in [-0.4, -0.2) is 36.9 Å². The molecule has 0 amide bonds. The molecule has 1 aromatic carbocycles. The van der Waals surface area contributed by atoms with Gasteiger partial charge in [0.05, 0.1) is 13.7 Å². The number of carbonyl (C=O) groups excluding carboxylic acids is 1. The molecule has 3 nitrogen and oxygen atoms in total. The highest BCUT2D eigenvalue weighted by Gasteiger charge is 2.26. The Morgan fingerprint density at radius 3 is 2.42 bits per heavy atom. The van der Waals surface area contributed by atoms with Crippen LogP contribution in [0.1, 0.15) is 37.0 Å². The smallest absolute Gasteiger partial charge is 0.176 e. The van der Waals surface area contributed by atoms with Crippen LogP contribution < -0.4 is 4.74 Å². The lowest BCUT2D eigenvalue weighted by atomic mass is 10.1. The molecule has 2 rings (SSSR count). The number of hydrogen-bond donors (Lipinski definition) is 0. The van der Waals surface area contributed by atoms with E-state index in [0.717, 1.165) is 23.8 Å². The molecule has 1 fully saturated rings. The monoisotopic (exact) mass is 261 g/mol. The van der Waals surface area contributed by atoms with Gasteiger partial charge in [-0.2, -0.15) is 0 Å². The van der Waals surface area contributed by atoms with E-state index < -0.39 is 0 Å². The summed E-state index contributed by atoms with van der Waals surface area (Å²) in [5, 5.41) is 0. The van der Waals surface area contributed by atoms with E-state index in [9.17, 15) is 4.79 Å². The first-order valence-corrected chi connectivity index (χ1v) is 7.01. The quantitative estimate of drug-likeness (QED) is 0.707. The van der Waals surface area contributed by atoms with E-state index in [-0.39, 0.29) is 5.78 Å². The molecular formula is C16H23NO2. The number of nitrogens with zero attached hydrogens (tertiary/aromatic N) is 1. The second kappa shape index (κ2) is 6.20. The van der Waals surface area contributed by atoms with Gasteiger partial charge in [-0.25, -0.2) is 0 Å².